The Bertz CT molecular complexity index is 1070. The minimum atomic E-state index is -0.0633. The molecular weight excluding hydrogens is 418 g/mol. The average molecular weight is 448 g/mol. The summed E-state index contributed by atoms with van der Waals surface area (Å²) in [6.07, 6.45) is 12.2. The fourth-order valence-corrected chi connectivity index (χ4v) is 3.83. The summed E-state index contributed by atoms with van der Waals surface area (Å²) in [6, 6.07) is 7.39. The van der Waals surface area contributed by atoms with Crippen molar-refractivity contribution in [2.75, 3.05) is 33.3 Å². The van der Waals surface area contributed by atoms with Crippen LogP contribution in [0, 0.1) is 11.8 Å². The van der Waals surface area contributed by atoms with Crippen molar-refractivity contribution in [3.8, 4) is 5.69 Å². The molecule has 9 nitrogen and oxygen atoms in total. The maximum absolute atomic E-state index is 13.4. The number of benzene rings is 1. The number of rotatable bonds is 6. The SMILES string of the molecule is C\N=C(/C=C(\N=C\C1CC1)C1CC1)N1CCN(C(=O)c2ccccc2-n2nccn2)CCO1. The molecule has 172 valence electrons. The first-order chi connectivity index (χ1) is 16.2. The fraction of sp³-hybridized carbons (Fsp3) is 0.458. The second kappa shape index (κ2) is 9.66. The monoisotopic (exact) mass is 447 g/mol. The summed E-state index contributed by atoms with van der Waals surface area (Å²) in [5.74, 6) is 1.85. The number of aliphatic imine (C=N–C) groups is 2. The molecule has 1 aliphatic heterocycles. The number of nitrogens with zero attached hydrogens (tertiary/aromatic N) is 7. The Kier molecular flexibility index (Phi) is 6.30. The molecule has 0 unspecified atom stereocenters. The highest BCUT2D eigenvalue weighted by atomic mass is 16.7. The third-order valence-electron chi connectivity index (χ3n) is 6.05. The van der Waals surface area contributed by atoms with Crippen LogP contribution in [-0.4, -0.2) is 76.2 Å². The van der Waals surface area contributed by atoms with Gasteiger partial charge in [-0.3, -0.25) is 19.6 Å². The largest absolute Gasteiger partial charge is 0.334 e. The first-order valence-corrected chi connectivity index (χ1v) is 11.6. The molecule has 0 atom stereocenters. The molecule has 3 aliphatic rings. The number of amidine groups is 1. The third kappa shape index (κ3) is 5.19. The van der Waals surface area contributed by atoms with Gasteiger partial charge in [-0.1, -0.05) is 12.1 Å². The molecule has 5 rings (SSSR count). The molecule has 0 radical (unpaired) electrons. The van der Waals surface area contributed by atoms with E-state index in [2.05, 4.69) is 21.4 Å². The van der Waals surface area contributed by atoms with Gasteiger partial charge in [-0.15, -0.1) is 0 Å². The standard InChI is InChI=1S/C24H29N7O2/c1-25-23(16-21(19-8-9-19)26-17-18-6-7-18)30-13-12-29(14-15-33-30)24(32)20-4-2-3-5-22(20)31-27-10-11-28-31/h2-5,10-11,16-19H,6-9,12-15H2,1H3/b21-16-,25-23+,26-17+. The Labute approximate surface area is 193 Å². The molecule has 33 heavy (non-hydrogen) atoms. The maximum atomic E-state index is 13.4. The van der Waals surface area contributed by atoms with E-state index in [1.165, 1.54) is 30.5 Å². The van der Waals surface area contributed by atoms with Gasteiger partial charge in [-0.05, 0) is 43.7 Å². The van der Waals surface area contributed by atoms with Gasteiger partial charge in [-0.2, -0.15) is 15.0 Å². The average Bonchev–Trinajstić information content (AvgIpc) is 3.77. The quantitative estimate of drug-likeness (QED) is 0.502. The van der Waals surface area contributed by atoms with Crippen LogP contribution >= 0.6 is 0 Å². The van der Waals surface area contributed by atoms with Gasteiger partial charge in [-0.25, -0.2) is 5.06 Å². The lowest BCUT2D eigenvalue weighted by molar-refractivity contribution is -0.0849. The lowest BCUT2D eigenvalue weighted by Gasteiger charge is -2.22. The summed E-state index contributed by atoms with van der Waals surface area (Å²) in [7, 11) is 1.77. The Morgan fingerprint density at radius 1 is 1.09 bits per heavy atom. The van der Waals surface area contributed by atoms with E-state index in [1.807, 2.05) is 35.2 Å². The summed E-state index contributed by atoms with van der Waals surface area (Å²) >= 11 is 0. The van der Waals surface area contributed by atoms with Gasteiger partial charge in [0.05, 0.1) is 36.8 Å². The third-order valence-corrected chi connectivity index (χ3v) is 6.05. The van der Waals surface area contributed by atoms with Crippen molar-refractivity contribution in [2.24, 2.45) is 21.8 Å². The highest BCUT2D eigenvalue weighted by Gasteiger charge is 2.29. The number of hydrogen-bond donors (Lipinski definition) is 0. The second-order valence-electron chi connectivity index (χ2n) is 8.60. The minimum Gasteiger partial charge on any atom is -0.334 e. The predicted octanol–water partition coefficient (Wildman–Crippen LogP) is 2.76. The van der Waals surface area contributed by atoms with E-state index in [4.69, 9.17) is 9.83 Å². The number of para-hydroxylation sites is 1. The topological polar surface area (TPSA) is 88.2 Å². The van der Waals surface area contributed by atoms with Crippen LogP contribution in [0.1, 0.15) is 36.0 Å². The zero-order chi connectivity index (χ0) is 22.6. The van der Waals surface area contributed by atoms with Gasteiger partial charge in [0.25, 0.3) is 5.91 Å². The van der Waals surface area contributed by atoms with Gasteiger partial charge >= 0.3 is 0 Å². The molecule has 2 aliphatic carbocycles. The normalized spacial score (nSPS) is 20.4. The summed E-state index contributed by atoms with van der Waals surface area (Å²) < 4.78 is 0. The highest BCUT2D eigenvalue weighted by molar-refractivity contribution is 5.98. The van der Waals surface area contributed by atoms with E-state index in [0.29, 0.717) is 49.3 Å². The van der Waals surface area contributed by atoms with Crippen LogP contribution in [0.5, 0.6) is 0 Å². The van der Waals surface area contributed by atoms with Gasteiger partial charge in [0.2, 0.25) is 0 Å². The molecule has 2 saturated carbocycles. The Morgan fingerprint density at radius 3 is 2.61 bits per heavy atom. The summed E-state index contributed by atoms with van der Waals surface area (Å²) in [5.41, 5.74) is 2.32. The van der Waals surface area contributed by atoms with E-state index < -0.39 is 0 Å². The van der Waals surface area contributed by atoms with E-state index in [9.17, 15) is 4.79 Å². The summed E-state index contributed by atoms with van der Waals surface area (Å²) in [5, 5.41) is 10.2. The molecule has 9 heteroatoms. The van der Waals surface area contributed by atoms with Crippen LogP contribution in [0.25, 0.3) is 5.69 Å². The fourth-order valence-electron chi connectivity index (χ4n) is 3.83. The molecule has 1 aromatic carbocycles. The van der Waals surface area contributed by atoms with Crippen LogP contribution in [-0.2, 0) is 4.84 Å². The van der Waals surface area contributed by atoms with Crippen LogP contribution < -0.4 is 0 Å². The van der Waals surface area contributed by atoms with Crippen molar-refractivity contribution < 1.29 is 9.63 Å². The highest BCUT2D eigenvalue weighted by Crippen LogP contribution is 2.38. The zero-order valence-electron chi connectivity index (χ0n) is 18.9. The predicted molar refractivity (Wildman–Crippen MR) is 125 cm³/mol. The summed E-state index contributed by atoms with van der Waals surface area (Å²) in [6.45, 7) is 1.94. The first kappa shape index (κ1) is 21.5. The number of hydrogen-bond acceptors (Lipinski definition) is 6. The number of hydroxylamine groups is 2. The van der Waals surface area contributed by atoms with Crippen molar-refractivity contribution in [1.82, 2.24) is 25.0 Å². The van der Waals surface area contributed by atoms with Crippen LogP contribution in [0.2, 0.25) is 0 Å². The second-order valence-corrected chi connectivity index (χ2v) is 8.60. The number of amides is 1. The number of aromatic nitrogens is 3. The smallest absolute Gasteiger partial charge is 0.256 e. The van der Waals surface area contributed by atoms with Crippen LogP contribution in [0.4, 0.5) is 0 Å². The Morgan fingerprint density at radius 2 is 1.88 bits per heavy atom. The van der Waals surface area contributed by atoms with E-state index in [-0.39, 0.29) is 5.91 Å². The molecular formula is C24H29N7O2. The minimum absolute atomic E-state index is 0.0633. The molecule has 2 aromatic rings. The van der Waals surface area contributed by atoms with E-state index >= 15 is 0 Å². The molecule has 3 fully saturated rings. The first-order valence-electron chi connectivity index (χ1n) is 11.6. The molecule has 0 bridgehead atoms. The van der Waals surface area contributed by atoms with E-state index in [0.717, 1.165) is 11.5 Å². The number of carbonyl (C=O) groups is 1. The summed E-state index contributed by atoms with van der Waals surface area (Å²) in [4.78, 5) is 31.9. The molecule has 0 N–H and O–H groups in total. The van der Waals surface area contributed by atoms with Crippen molar-refractivity contribution in [1.29, 1.82) is 0 Å². The van der Waals surface area contributed by atoms with Gasteiger partial charge in [0.1, 0.15) is 5.84 Å². The van der Waals surface area contributed by atoms with Crippen LogP contribution in [0.15, 0.2) is 58.4 Å². The lowest BCUT2D eigenvalue weighted by Crippen LogP contribution is -2.37. The maximum Gasteiger partial charge on any atom is 0.256 e. The van der Waals surface area contributed by atoms with E-state index in [1.54, 1.807) is 24.5 Å². The number of allylic oxidation sites excluding steroid dienone is 1. The van der Waals surface area contributed by atoms with Gasteiger partial charge in [0, 0.05) is 44.0 Å². The molecule has 2 heterocycles. The van der Waals surface area contributed by atoms with Crippen LogP contribution in [0.3, 0.4) is 0 Å². The Hall–Kier alpha value is -3.33. The Balaban J connectivity index is 1.29. The van der Waals surface area contributed by atoms with Gasteiger partial charge in [0.15, 0.2) is 0 Å². The molecule has 0 spiro atoms. The van der Waals surface area contributed by atoms with Crippen molar-refractivity contribution in [3.05, 3.63) is 54.0 Å². The molecule has 1 amide bonds. The van der Waals surface area contributed by atoms with Crippen molar-refractivity contribution >= 4 is 18.0 Å². The van der Waals surface area contributed by atoms with Crippen molar-refractivity contribution in [2.45, 2.75) is 25.7 Å². The molecule has 1 aromatic heterocycles. The van der Waals surface area contributed by atoms with Crippen molar-refractivity contribution in [3.63, 3.8) is 0 Å². The number of carbonyl (C=O) groups excluding carboxylic acids is 1. The lowest BCUT2D eigenvalue weighted by atomic mass is 10.1. The zero-order valence-corrected chi connectivity index (χ0v) is 18.9. The molecule has 1 saturated heterocycles. The van der Waals surface area contributed by atoms with Gasteiger partial charge < -0.3 is 4.90 Å².